The number of nitrogens with zero attached hydrogens (tertiary/aromatic N) is 2. The van der Waals surface area contributed by atoms with E-state index in [0.717, 1.165) is 6.42 Å². The molecule has 5 nitrogen and oxygen atoms in total. The molecule has 1 atom stereocenters. The van der Waals surface area contributed by atoms with Crippen molar-refractivity contribution in [1.82, 2.24) is 9.21 Å². The molecule has 0 spiro atoms. The predicted octanol–water partition coefficient (Wildman–Crippen LogP) is -0.181. The Morgan fingerprint density at radius 1 is 1.40 bits per heavy atom. The van der Waals surface area contributed by atoms with Gasteiger partial charge < -0.3 is 4.90 Å². The molecule has 1 amide bonds. The minimum Gasteiger partial charge on any atom is -0.337 e. The van der Waals surface area contributed by atoms with Crippen molar-refractivity contribution in [3.8, 4) is 0 Å². The first-order valence-electron chi connectivity index (χ1n) is 4.88. The summed E-state index contributed by atoms with van der Waals surface area (Å²) in [5.41, 5.74) is 0. The number of carbonyl (C=O) groups excluding carboxylic acids is 1. The van der Waals surface area contributed by atoms with Crippen LogP contribution in [0, 0.1) is 0 Å². The van der Waals surface area contributed by atoms with Gasteiger partial charge in [-0.15, -0.1) is 11.6 Å². The van der Waals surface area contributed by atoms with E-state index in [1.165, 1.54) is 4.31 Å². The quantitative estimate of drug-likeness (QED) is 0.641. The molecule has 2 rings (SSSR count). The van der Waals surface area contributed by atoms with Crippen molar-refractivity contribution in [3.05, 3.63) is 0 Å². The van der Waals surface area contributed by atoms with E-state index in [1.54, 1.807) is 4.90 Å². The van der Waals surface area contributed by atoms with Crippen LogP contribution < -0.4 is 0 Å². The maximum atomic E-state index is 11.5. The Morgan fingerprint density at radius 3 is 2.80 bits per heavy atom. The van der Waals surface area contributed by atoms with Gasteiger partial charge in [-0.05, 0) is 6.42 Å². The lowest BCUT2D eigenvalue weighted by molar-refractivity contribution is -0.130. The molecule has 2 saturated heterocycles. The third kappa shape index (κ3) is 1.98. The summed E-state index contributed by atoms with van der Waals surface area (Å²) in [5.74, 6) is 0.142. The van der Waals surface area contributed by atoms with Gasteiger partial charge in [0, 0.05) is 32.1 Å². The van der Waals surface area contributed by atoms with Gasteiger partial charge in [-0.1, -0.05) is 0 Å². The van der Waals surface area contributed by atoms with Crippen LogP contribution in [-0.2, 0) is 14.8 Å². The topological polar surface area (TPSA) is 57.7 Å². The van der Waals surface area contributed by atoms with Crippen molar-refractivity contribution < 1.29 is 13.2 Å². The van der Waals surface area contributed by atoms with Gasteiger partial charge in [0.15, 0.2) is 0 Å². The van der Waals surface area contributed by atoms with Gasteiger partial charge in [0.05, 0.1) is 0 Å². The molecule has 0 N–H and O–H groups in total. The number of carbonyl (C=O) groups is 1. The average Bonchev–Trinajstić information content (AvgIpc) is 2.60. The van der Waals surface area contributed by atoms with E-state index in [9.17, 15) is 13.2 Å². The van der Waals surface area contributed by atoms with Crippen LogP contribution in [0.25, 0.3) is 0 Å². The third-order valence-electron chi connectivity index (χ3n) is 2.99. The van der Waals surface area contributed by atoms with Gasteiger partial charge in [0.1, 0.15) is 5.21 Å². The van der Waals surface area contributed by atoms with Gasteiger partial charge in [-0.2, -0.15) is 4.31 Å². The molecule has 86 valence electrons. The monoisotopic (exact) mass is 252 g/mol. The largest absolute Gasteiger partial charge is 0.337 e. The van der Waals surface area contributed by atoms with E-state index in [4.69, 9.17) is 11.6 Å². The number of rotatable bonds is 2. The molecule has 2 fully saturated rings. The number of sulfonamides is 1. The maximum absolute atomic E-state index is 11.5. The third-order valence-corrected chi connectivity index (χ3v) is 5.21. The highest BCUT2D eigenvalue weighted by molar-refractivity contribution is 7.90. The number of hydrogen-bond acceptors (Lipinski definition) is 3. The fourth-order valence-corrected chi connectivity index (χ4v) is 3.47. The van der Waals surface area contributed by atoms with Crippen molar-refractivity contribution in [2.24, 2.45) is 0 Å². The summed E-state index contributed by atoms with van der Waals surface area (Å²) < 4.78 is 24.4. The lowest BCUT2D eigenvalue weighted by atomic mass is 10.2. The van der Waals surface area contributed by atoms with Gasteiger partial charge in [-0.3, -0.25) is 4.79 Å². The summed E-state index contributed by atoms with van der Waals surface area (Å²) in [6, 6.07) is 0.0595. The Labute approximate surface area is 94.0 Å². The number of piperazine rings is 1. The smallest absolute Gasteiger partial charge is 0.228 e. The average molecular weight is 253 g/mol. The van der Waals surface area contributed by atoms with Crippen molar-refractivity contribution in [2.75, 3.05) is 24.8 Å². The second kappa shape index (κ2) is 3.92. The summed E-state index contributed by atoms with van der Waals surface area (Å²) in [6.07, 6.45) is 1.30. The van der Waals surface area contributed by atoms with Crippen LogP contribution in [0.15, 0.2) is 0 Å². The van der Waals surface area contributed by atoms with Gasteiger partial charge in [0.2, 0.25) is 15.9 Å². The van der Waals surface area contributed by atoms with Crippen LogP contribution in [0.1, 0.15) is 12.8 Å². The minimum atomic E-state index is -3.32. The van der Waals surface area contributed by atoms with Crippen molar-refractivity contribution in [2.45, 2.75) is 18.9 Å². The molecule has 2 aliphatic rings. The van der Waals surface area contributed by atoms with Crippen molar-refractivity contribution in [1.29, 1.82) is 0 Å². The highest BCUT2D eigenvalue weighted by atomic mass is 35.5. The Morgan fingerprint density at radius 2 is 2.13 bits per heavy atom. The Kier molecular flexibility index (Phi) is 2.92. The molecule has 0 aromatic heterocycles. The Balaban J connectivity index is 2.09. The zero-order chi connectivity index (χ0) is 11.1. The number of alkyl halides is 1. The predicted molar refractivity (Wildman–Crippen MR) is 55.9 cm³/mol. The molecule has 1 unspecified atom stereocenters. The summed E-state index contributed by atoms with van der Waals surface area (Å²) in [7, 11) is -3.32. The van der Waals surface area contributed by atoms with Gasteiger partial charge in [-0.25, -0.2) is 8.42 Å². The molecular weight excluding hydrogens is 240 g/mol. The molecule has 0 aliphatic carbocycles. The zero-order valence-corrected chi connectivity index (χ0v) is 9.80. The summed E-state index contributed by atoms with van der Waals surface area (Å²) in [4.78, 5) is 13.1. The fourth-order valence-electron chi connectivity index (χ4n) is 2.16. The molecule has 0 aromatic carbocycles. The van der Waals surface area contributed by atoms with E-state index < -0.39 is 10.0 Å². The Hall–Kier alpha value is -0.330. The molecule has 15 heavy (non-hydrogen) atoms. The lowest BCUT2D eigenvalue weighted by Crippen LogP contribution is -2.53. The molecular formula is C8H13ClN2O3S. The number of fused-ring (bicyclic) bond motifs is 1. The van der Waals surface area contributed by atoms with Crippen LogP contribution in [-0.4, -0.2) is 54.4 Å². The normalized spacial score (nSPS) is 28.2. The standard InChI is InChI=1S/C8H13ClN2O3S/c9-6-15(13,14)10-3-4-11-7(5-10)1-2-8(11)12/h7H,1-6H2. The van der Waals surface area contributed by atoms with Crippen LogP contribution in [0.5, 0.6) is 0 Å². The van der Waals surface area contributed by atoms with Crippen molar-refractivity contribution in [3.63, 3.8) is 0 Å². The molecule has 2 aliphatic heterocycles. The van der Waals surface area contributed by atoms with Gasteiger partial charge >= 0.3 is 0 Å². The SMILES string of the molecule is O=C1CCC2CN(S(=O)(=O)CCl)CCN12. The van der Waals surface area contributed by atoms with Crippen LogP contribution in [0.4, 0.5) is 0 Å². The molecule has 7 heteroatoms. The lowest BCUT2D eigenvalue weighted by Gasteiger charge is -2.36. The summed E-state index contributed by atoms with van der Waals surface area (Å²) >= 11 is 5.39. The van der Waals surface area contributed by atoms with E-state index in [0.29, 0.717) is 26.1 Å². The first-order valence-corrected chi connectivity index (χ1v) is 7.02. The Bertz CT molecular complexity index is 370. The second-order valence-electron chi connectivity index (χ2n) is 3.86. The molecule has 0 aromatic rings. The number of hydrogen-bond donors (Lipinski definition) is 0. The molecule has 0 bridgehead atoms. The van der Waals surface area contributed by atoms with E-state index in [2.05, 4.69) is 0 Å². The molecule has 0 saturated carbocycles. The van der Waals surface area contributed by atoms with Crippen molar-refractivity contribution >= 4 is 27.5 Å². The maximum Gasteiger partial charge on any atom is 0.228 e. The highest BCUT2D eigenvalue weighted by Gasteiger charge is 2.38. The fraction of sp³-hybridized carbons (Fsp3) is 0.875. The minimum absolute atomic E-state index is 0.0595. The molecule has 0 radical (unpaired) electrons. The van der Waals surface area contributed by atoms with E-state index in [-0.39, 0.29) is 17.2 Å². The van der Waals surface area contributed by atoms with Gasteiger partial charge in [0.25, 0.3) is 0 Å². The van der Waals surface area contributed by atoms with Crippen LogP contribution in [0.2, 0.25) is 0 Å². The van der Waals surface area contributed by atoms with E-state index in [1.807, 2.05) is 0 Å². The zero-order valence-electron chi connectivity index (χ0n) is 8.23. The first kappa shape index (κ1) is 11.2. The van der Waals surface area contributed by atoms with Crippen LogP contribution >= 0.6 is 11.6 Å². The highest BCUT2D eigenvalue weighted by Crippen LogP contribution is 2.24. The second-order valence-corrected chi connectivity index (χ2v) is 6.41. The summed E-state index contributed by atoms with van der Waals surface area (Å²) in [6.45, 7) is 1.28. The first-order chi connectivity index (χ1) is 7.04. The summed E-state index contributed by atoms with van der Waals surface area (Å²) in [5, 5.41) is -0.381. The molecule has 2 heterocycles. The van der Waals surface area contributed by atoms with Crippen LogP contribution in [0.3, 0.4) is 0 Å². The number of amides is 1. The number of halogens is 1. The van der Waals surface area contributed by atoms with E-state index >= 15 is 0 Å².